The molecule has 5 heteroatoms. The number of nitrogens with two attached hydrogens (primary N) is 1. The molecule has 3 N–H and O–H groups in total. The van der Waals surface area contributed by atoms with Crippen molar-refractivity contribution in [3.8, 4) is 16.9 Å². The molecule has 1 aromatic carbocycles. The fourth-order valence-corrected chi connectivity index (χ4v) is 2.11. The van der Waals surface area contributed by atoms with Crippen LogP contribution in [0.2, 0.25) is 0 Å². The molecule has 3 rings (SSSR count). The number of hydrogen-bond acceptors (Lipinski definition) is 3. The Morgan fingerprint density at radius 3 is 2.83 bits per heavy atom. The highest BCUT2D eigenvalue weighted by atomic mass is 16.5. The van der Waals surface area contributed by atoms with E-state index in [0.717, 1.165) is 27.8 Å². The highest BCUT2D eigenvalue weighted by molar-refractivity contribution is 5.90. The molecule has 0 spiro atoms. The Balaban J connectivity index is 2.29. The lowest BCUT2D eigenvalue weighted by atomic mass is 10.1. The van der Waals surface area contributed by atoms with E-state index in [-0.39, 0.29) is 0 Å². The van der Waals surface area contributed by atoms with Crippen LogP contribution in [0.4, 0.5) is 5.82 Å². The van der Waals surface area contributed by atoms with Gasteiger partial charge in [0.25, 0.3) is 0 Å². The SMILES string of the molecule is COc1cc2cc[nH]c2cc1-c1cnn(C)c1N. The summed E-state index contributed by atoms with van der Waals surface area (Å²) < 4.78 is 7.08. The standard InChI is InChI=1S/C13H14N4O/c1-17-13(14)10(7-16-17)9-6-11-8(3-4-15-11)5-12(9)18-2/h3-7,15H,14H2,1-2H3. The second-order valence-corrected chi connectivity index (χ2v) is 4.18. The summed E-state index contributed by atoms with van der Waals surface area (Å²) in [5.41, 5.74) is 8.89. The number of nitrogens with one attached hydrogen (secondary N) is 1. The summed E-state index contributed by atoms with van der Waals surface area (Å²) in [5, 5.41) is 5.27. The van der Waals surface area contributed by atoms with Gasteiger partial charge in [0.05, 0.1) is 13.3 Å². The number of aromatic amines is 1. The highest BCUT2D eigenvalue weighted by Gasteiger charge is 2.13. The first-order valence-electron chi connectivity index (χ1n) is 5.63. The average Bonchev–Trinajstić information content (AvgIpc) is 2.95. The number of aromatic nitrogens is 3. The van der Waals surface area contributed by atoms with E-state index < -0.39 is 0 Å². The van der Waals surface area contributed by atoms with Gasteiger partial charge < -0.3 is 15.5 Å². The lowest BCUT2D eigenvalue weighted by Crippen LogP contribution is -1.98. The second kappa shape index (κ2) is 3.80. The topological polar surface area (TPSA) is 68.9 Å². The fourth-order valence-electron chi connectivity index (χ4n) is 2.11. The lowest BCUT2D eigenvalue weighted by Gasteiger charge is -2.08. The van der Waals surface area contributed by atoms with Crippen molar-refractivity contribution in [3.63, 3.8) is 0 Å². The number of benzene rings is 1. The quantitative estimate of drug-likeness (QED) is 0.723. The zero-order valence-electron chi connectivity index (χ0n) is 10.3. The Morgan fingerprint density at radius 1 is 1.33 bits per heavy atom. The number of aryl methyl sites for hydroxylation is 1. The van der Waals surface area contributed by atoms with Crippen LogP contribution < -0.4 is 10.5 Å². The van der Waals surface area contributed by atoms with Crippen LogP contribution in [-0.4, -0.2) is 21.9 Å². The maximum absolute atomic E-state index is 6.01. The zero-order chi connectivity index (χ0) is 12.7. The van der Waals surface area contributed by atoms with Crippen molar-refractivity contribution in [2.24, 2.45) is 7.05 Å². The molecule has 92 valence electrons. The minimum atomic E-state index is 0.624. The van der Waals surface area contributed by atoms with Crippen molar-refractivity contribution < 1.29 is 4.74 Å². The smallest absolute Gasteiger partial charge is 0.129 e. The van der Waals surface area contributed by atoms with E-state index in [1.54, 1.807) is 18.0 Å². The Kier molecular flexibility index (Phi) is 2.26. The van der Waals surface area contributed by atoms with E-state index in [4.69, 9.17) is 10.5 Å². The van der Waals surface area contributed by atoms with Crippen LogP contribution in [0.1, 0.15) is 0 Å². The summed E-state index contributed by atoms with van der Waals surface area (Å²) in [4.78, 5) is 3.18. The van der Waals surface area contributed by atoms with Crippen LogP contribution >= 0.6 is 0 Å². The Labute approximate surface area is 104 Å². The van der Waals surface area contributed by atoms with Gasteiger partial charge in [-0.05, 0) is 18.2 Å². The van der Waals surface area contributed by atoms with Gasteiger partial charge in [-0.1, -0.05) is 0 Å². The van der Waals surface area contributed by atoms with Gasteiger partial charge in [0.15, 0.2) is 0 Å². The van der Waals surface area contributed by atoms with Gasteiger partial charge in [0.1, 0.15) is 11.6 Å². The minimum absolute atomic E-state index is 0.624. The van der Waals surface area contributed by atoms with Gasteiger partial charge in [-0.25, -0.2) is 0 Å². The average molecular weight is 242 g/mol. The van der Waals surface area contributed by atoms with Crippen LogP contribution in [-0.2, 0) is 7.05 Å². The van der Waals surface area contributed by atoms with Crippen molar-refractivity contribution >= 4 is 16.7 Å². The number of methoxy groups -OCH3 is 1. The largest absolute Gasteiger partial charge is 0.496 e. The second-order valence-electron chi connectivity index (χ2n) is 4.18. The predicted octanol–water partition coefficient (Wildman–Crippen LogP) is 2.16. The van der Waals surface area contributed by atoms with Crippen molar-refractivity contribution in [1.82, 2.24) is 14.8 Å². The molecule has 2 heterocycles. The maximum Gasteiger partial charge on any atom is 0.129 e. The van der Waals surface area contributed by atoms with Gasteiger partial charge in [0, 0.05) is 35.3 Å². The summed E-state index contributed by atoms with van der Waals surface area (Å²) in [6.45, 7) is 0. The Hall–Kier alpha value is -2.43. The first-order valence-corrected chi connectivity index (χ1v) is 5.63. The van der Waals surface area contributed by atoms with Crippen LogP contribution in [0, 0.1) is 0 Å². The van der Waals surface area contributed by atoms with Gasteiger partial charge >= 0.3 is 0 Å². The molecule has 0 saturated heterocycles. The lowest BCUT2D eigenvalue weighted by molar-refractivity contribution is 0.417. The van der Waals surface area contributed by atoms with E-state index in [1.807, 2.05) is 31.4 Å². The number of hydrogen-bond donors (Lipinski definition) is 2. The van der Waals surface area contributed by atoms with Crippen molar-refractivity contribution in [3.05, 3.63) is 30.6 Å². The van der Waals surface area contributed by atoms with E-state index in [9.17, 15) is 0 Å². The first kappa shape index (κ1) is 10.7. The Bertz CT molecular complexity index is 711. The summed E-state index contributed by atoms with van der Waals surface area (Å²) in [6, 6.07) is 6.03. The first-order chi connectivity index (χ1) is 8.70. The summed E-state index contributed by atoms with van der Waals surface area (Å²) in [7, 11) is 3.47. The molecule has 2 aromatic heterocycles. The van der Waals surface area contributed by atoms with Gasteiger partial charge in [0.2, 0.25) is 0 Å². The molecule has 3 aromatic rings. The number of H-pyrrole nitrogens is 1. The van der Waals surface area contributed by atoms with E-state index in [2.05, 4.69) is 10.1 Å². The van der Waals surface area contributed by atoms with Crippen LogP contribution in [0.3, 0.4) is 0 Å². The van der Waals surface area contributed by atoms with Crippen LogP contribution in [0.5, 0.6) is 5.75 Å². The number of ether oxygens (including phenoxy) is 1. The third-order valence-corrected chi connectivity index (χ3v) is 3.15. The van der Waals surface area contributed by atoms with Crippen LogP contribution in [0.15, 0.2) is 30.6 Å². The van der Waals surface area contributed by atoms with E-state index in [1.165, 1.54) is 0 Å². The van der Waals surface area contributed by atoms with E-state index in [0.29, 0.717) is 5.82 Å². The van der Waals surface area contributed by atoms with E-state index >= 15 is 0 Å². The number of nitrogens with zero attached hydrogens (tertiary/aromatic N) is 2. The molecule has 0 aliphatic heterocycles. The van der Waals surface area contributed by atoms with Gasteiger partial charge in [-0.2, -0.15) is 5.10 Å². The van der Waals surface area contributed by atoms with Crippen molar-refractivity contribution in [2.75, 3.05) is 12.8 Å². The fraction of sp³-hybridized carbons (Fsp3) is 0.154. The molecule has 0 atom stereocenters. The Morgan fingerprint density at radius 2 is 2.17 bits per heavy atom. The molecule has 0 saturated carbocycles. The number of fused-ring (bicyclic) bond motifs is 1. The molecular weight excluding hydrogens is 228 g/mol. The van der Waals surface area contributed by atoms with Crippen molar-refractivity contribution in [1.29, 1.82) is 0 Å². The number of rotatable bonds is 2. The van der Waals surface area contributed by atoms with Crippen LogP contribution in [0.25, 0.3) is 22.0 Å². The molecule has 0 aliphatic rings. The maximum atomic E-state index is 6.01. The van der Waals surface area contributed by atoms with Crippen molar-refractivity contribution in [2.45, 2.75) is 0 Å². The molecule has 18 heavy (non-hydrogen) atoms. The molecule has 0 fully saturated rings. The predicted molar refractivity (Wildman–Crippen MR) is 71.5 cm³/mol. The molecule has 0 bridgehead atoms. The molecule has 0 aliphatic carbocycles. The highest BCUT2D eigenvalue weighted by Crippen LogP contribution is 2.36. The summed E-state index contributed by atoms with van der Waals surface area (Å²) >= 11 is 0. The molecular formula is C13H14N4O. The third kappa shape index (κ3) is 1.44. The van der Waals surface area contributed by atoms with Gasteiger partial charge in [-0.15, -0.1) is 0 Å². The monoisotopic (exact) mass is 242 g/mol. The zero-order valence-corrected chi connectivity index (χ0v) is 10.3. The summed E-state index contributed by atoms with van der Waals surface area (Å²) in [5.74, 6) is 1.42. The molecule has 0 amide bonds. The van der Waals surface area contributed by atoms with Gasteiger partial charge in [-0.3, -0.25) is 4.68 Å². The normalized spacial score (nSPS) is 11.0. The molecule has 0 unspecified atom stereocenters. The number of nitrogen functional groups attached to an aromatic ring is 1. The minimum Gasteiger partial charge on any atom is -0.496 e. The third-order valence-electron chi connectivity index (χ3n) is 3.15. The summed E-state index contributed by atoms with van der Waals surface area (Å²) in [6.07, 6.45) is 3.66. The molecule has 0 radical (unpaired) electrons. The molecule has 5 nitrogen and oxygen atoms in total. The number of anilines is 1.